The topological polar surface area (TPSA) is 37.4 Å². The molecule has 0 heterocycles. The Labute approximate surface area is 118 Å². The van der Waals surface area contributed by atoms with Crippen molar-refractivity contribution in [2.24, 2.45) is 5.41 Å². The van der Waals surface area contributed by atoms with Crippen molar-refractivity contribution in [1.29, 1.82) is 0 Å². The van der Waals surface area contributed by atoms with E-state index >= 15 is 0 Å². The average molecular weight is 277 g/mol. The van der Waals surface area contributed by atoms with Crippen LogP contribution in [0.5, 0.6) is 0 Å². The van der Waals surface area contributed by atoms with Gasteiger partial charge >= 0.3 is 0 Å². The minimum Gasteiger partial charge on any atom is -0.315 e. The second-order valence-corrected chi connectivity index (χ2v) is 6.40. The number of para-hydroxylation sites is 1. The van der Waals surface area contributed by atoms with Crippen LogP contribution < -0.4 is 4.90 Å². The van der Waals surface area contributed by atoms with E-state index in [1.54, 1.807) is 11.8 Å². The van der Waals surface area contributed by atoms with Crippen LogP contribution in [0.1, 0.15) is 26.2 Å². The van der Waals surface area contributed by atoms with Gasteiger partial charge in [0.1, 0.15) is 0 Å². The first-order valence-corrected chi connectivity index (χ1v) is 7.46. The summed E-state index contributed by atoms with van der Waals surface area (Å²) in [5, 5.41) is 0.134. The Hall–Kier alpha value is -1.29. The molecule has 0 radical (unpaired) electrons. The Balaban J connectivity index is 1.92. The zero-order chi connectivity index (χ0) is 13.9. The summed E-state index contributed by atoms with van der Waals surface area (Å²) in [6, 6.07) is 9.66. The maximum Gasteiger partial charge on any atom is 0.227 e. The molecule has 0 saturated heterocycles. The van der Waals surface area contributed by atoms with Crippen molar-refractivity contribution in [2.45, 2.75) is 26.2 Å². The smallest absolute Gasteiger partial charge is 0.227 e. The molecule has 4 heteroatoms. The third-order valence-electron chi connectivity index (χ3n) is 3.58. The van der Waals surface area contributed by atoms with Gasteiger partial charge in [-0.25, -0.2) is 0 Å². The highest BCUT2D eigenvalue weighted by Gasteiger charge is 2.44. The summed E-state index contributed by atoms with van der Waals surface area (Å²) in [7, 11) is 1.81. The molecule has 0 N–H and O–H groups in total. The minimum atomic E-state index is 0.0659. The second kappa shape index (κ2) is 5.78. The largest absolute Gasteiger partial charge is 0.315 e. The van der Waals surface area contributed by atoms with E-state index in [0.717, 1.165) is 24.3 Å². The number of carbonyl (C=O) groups is 2. The van der Waals surface area contributed by atoms with Crippen molar-refractivity contribution in [3.63, 3.8) is 0 Å². The van der Waals surface area contributed by atoms with Crippen molar-refractivity contribution < 1.29 is 9.59 Å². The van der Waals surface area contributed by atoms with Crippen LogP contribution in [-0.4, -0.2) is 23.8 Å². The lowest BCUT2D eigenvalue weighted by atomic mass is 10.0. The molecule has 0 atom stereocenters. The molecule has 0 aromatic heterocycles. The van der Waals surface area contributed by atoms with Gasteiger partial charge in [0.15, 0.2) is 5.12 Å². The highest BCUT2D eigenvalue weighted by molar-refractivity contribution is 8.13. The highest BCUT2D eigenvalue weighted by Crippen LogP contribution is 2.51. The zero-order valence-electron chi connectivity index (χ0n) is 11.4. The van der Waals surface area contributed by atoms with E-state index < -0.39 is 0 Å². The predicted molar refractivity (Wildman–Crippen MR) is 79.3 cm³/mol. The molecule has 0 bridgehead atoms. The number of benzene rings is 1. The maximum atomic E-state index is 12.3. The van der Waals surface area contributed by atoms with Crippen LogP contribution in [0.2, 0.25) is 0 Å². The summed E-state index contributed by atoms with van der Waals surface area (Å²) in [5.41, 5.74) is 0.985. The zero-order valence-corrected chi connectivity index (χ0v) is 12.2. The summed E-state index contributed by atoms with van der Waals surface area (Å²) in [4.78, 5) is 25.0. The number of amides is 1. The third-order valence-corrected chi connectivity index (χ3v) is 4.75. The van der Waals surface area contributed by atoms with Gasteiger partial charge < -0.3 is 4.90 Å². The molecular formula is C15H19NO2S. The number of nitrogens with zero attached hydrogens (tertiary/aromatic N) is 1. The van der Waals surface area contributed by atoms with E-state index in [0.29, 0.717) is 6.42 Å². The van der Waals surface area contributed by atoms with E-state index in [1.165, 1.54) is 11.8 Å². The van der Waals surface area contributed by atoms with Crippen LogP contribution in [0.3, 0.4) is 0 Å². The van der Waals surface area contributed by atoms with Crippen LogP contribution >= 0.6 is 11.8 Å². The monoisotopic (exact) mass is 277 g/mol. The lowest BCUT2D eigenvalue weighted by molar-refractivity contribution is -0.119. The molecule has 0 unspecified atom stereocenters. The van der Waals surface area contributed by atoms with Crippen LogP contribution in [0.25, 0.3) is 0 Å². The molecule has 0 spiro atoms. The Morgan fingerprint density at radius 1 is 1.26 bits per heavy atom. The lowest BCUT2D eigenvalue weighted by Crippen LogP contribution is -2.29. The van der Waals surface area contributed by atoms with Gasteiger partial charge in [0, 0.05) is 31.8 Å². The van der Waals surface area contributed by atoms with Crippen molar-refractivity contribution >= 4 is 28.5 Å². The molecule has 1 amide bonds. The van der Waals surface area contributed by atoms with Crippen molar-refractivity contribution in [3.05, 3.63) is 30.3 Å². The van der Waals surface area contributed by atoms with Gasteiger partial charge in [0.2, 0.25) is 5.91 Å². The molecule has 1 aromatic carbocycles. The molecule has 3 nitrogen and oxygen atoms in total. The van der Waals surface area contributed by atoms with Gasteiger partial charge in [-0.05, 0) is 30.4 Å². The van der Waals surface area contributed by atoms with Crippen LogP contribution in [0.4, 0.5) is 5.69 Å². The van der Waals surface area contributed by atoms with Crippen molar-refractivity contribution in [1.82, 2.24) is 0 Å². The summed E-state index contributed by atoms with van der Waals surface area (Å²) in [6.07, 6.45) is 2.65. The van der Waals surface area contributed by atoms with E-state index in [9.17, 15) is 9.59 Å². The SMILES string of the molecule is CC(=O)SCC1(CC(=O)N(C)c2ccccc2)CC1. The van der Waals surface area contributed by atoms with Gasteiger partial charge in [0.05, 0.1) is 0 Å². The first-order chi connectivity index (χ1) is 9.02. The average Bonchev–Trinajstić information content (AvgIpc) is 3.17. The molecule has 1 saturated carbocycles. The van der Waals surface area contributed by atoms with E-state index in [1.807, 2.05) is 37.4 Å². The maximum absolute atomic E-state index is 12.3. The van der Waals surface area contributed by atoms with E-state index in [4.69, 9.17) is 0 Å². The van der Waals surface area contributed by atoms with Crippen LogP contribution in [0.15, 0.2) is 30.3 Å². The fourth-order valence-electron chi connectivity index (χ4n) is 2.04. The quantitative estimate of drug-likeness (QED) is 0.830. The number of carbonyl (C=O) groups excluding carboxylic acids is 2. The highest BCUT2D eigenvalue weighted by atomic mass is 32.2. The standard InChI is InChI=1S/C15H19NO2S/c1-12(17)19-11-15(8-9-15)10-14(18)16(2)13-6-4-3-5-7-13/h3-7H,8-11H2,1-2H3. The molecule has 102 valence electrons. The van der Waals surface area contributed by atoms with Crippen molar-refractivity contribution in [2.75, 3.05) is 17.7 Å². The molecule has 2 rings (SSSR count). The molecule has 1 aliphatic rings. The predicted octanol–water partition coefficient (Wildman–Crippen LogP) is 3.10. The van der Waals surface area contributed by atoms with Gasteiger partial charge in [0.25, 0.3) is 0 Å². The summed E-state index contributed by atoms with van der Waals surface area (Å²) in [6.45, 7) is 1.58. The molecule has 1 aromatic rings. The second-order valence-electron chi connectivity index (χ2n) is 5.25. The summed E-state index contributed by atoms with van der Waals surface area (Å²) >= 11 is 1.34. The minimum absolute atomic E-state index is 0.0659. The third kappa shape index (κ3) is 3.83. The first kappa shape index (κ1) is 14.1. The summed E-state index contributed by atoms with van der Waals surface area (Å²) < 4.78 is 0. The van der Waals surface area contributed by atoms with Crippen LogP contribution in [0, 0.1) is 5.41 Å². The van der Waals surface area contributed by atoms with Crippen molar-refractivity contribution in [3.8, 4) is 0 Å². The van der Waals surface area contributed by atoms with Gasteiger partial charge in [-0.2, -0.15) is 0 Å². The van der Waals surface area contributed by atoms with Gasteiger partial charge in [-0.15, -0.1) is 0 Å². The molecule has 19 heavy (non-hydrogen) atoms. The van der Waals surface area contributed by atoms with Gasteiger partial charge in [-0.3, -0.25) is 9.59 Å². The number of anilines is 1. The Bertz CT molecular complexity index is 468. The number of rotatable bonds is 5. The number of hydrogen-bond acceptors (Lipinski definition) is 3. The van der Waals surface area contributed by atoms with Gasteiger partial charge in [-0.1, -0.05) is 30.0 Å². The Morgan fingerprint density at radius 2 is 1.89 bits per heavy atom. The Morgan fingerprint density at radius 3 is 2.42 bits per heavy atom. The lowest BCUT2D eigenvalue weighted by Gasteiger charge is -2.21. The number of thioether (sulfide) groups is 1. The molecule has 1 aliphatic carbocycles. The Kier molecular flexibility index (Phi) is 4.30. The molecule has 0 aliphatic heterocycles. The fourth-order valence-corrected chi connectivity index (χ4v) is 2.94. The number of hydrogen-bond donors (Lipinski definition) is 0. The molecular weight excluding hydrogens is 258 g/mol. The van der Waals surface area contributed by atoms with E-state index in [2.05, 4.69) is 0 Å². The normalized spacial score (nSPS) is 15.9. The summed E-state index contributed by atoms with van der Waals surface area (Å²) in [5.74, 6) is 0.907. The fraction of sp³-hybridized carbons (Fsp3) is 0.467. The molecule has 1 fully saturated rings. The first-order valence-electron chi connectivity index (χ1n) is 6.47. The van der Waals surface area contributed by atoms with E-state index in [-0.39, 0.29) is 16.4 Å². The van der Waals surface area contributed by atoms with Crippen LogP contribution in [-0.2, 0) is 9.59 Å².